The van der Waals surface area contributed by atoms with Gasteiger partial charge in [0.1, 0.15) is 30.3 Å². The molecule has 0 radical (unpaired) electrons. The van der Waals surface area contributed by atoms with Crippen LogP contribution in [0.1, 0.15) is 5.56 Å². The van der Waals surface area contributed by atoms with Crippen LogP contribution < -0.4 is 15.1 Å². The van der Waals surface area contributed by atoms with Gasteiger partial charge in [-0.2, -0.15) is 0 Å². The summed E-state index contributed by atoms with van der Waals surface area (Å²) in [6.45, 7) is 2.35. The number of halogens is 1. The van der Waals surface area contributed by atoms with E-state index in [4.69, 9.17) is 25.5 Å². The molecular weight excluding hydrogens is 340 g/mol. The summed E-state index contributed by atoms with van der Waals surface area (Å²) in [4.78, 5) is 11.6. The van der Waals surface area contributed by atoms with Crippen LogP contribution in [-0.2, 0) is 0 Å². The highest BCUT2D eigenvalue weighted by molar-refractivity contribution is 6.30. The van der Waals surface area contributed by atoms with Gasteiger partial charge in [0.05, 0.1) is 11.5 Å². The number of benzene rings is 2. The Hall–Kier alpha value is -2.90. The predicted molar refractivity (Wildman–Crippen MR) is 97.4 cm³/mol. The van der Waals surface area contributed by atoms with Gasteiger partial charge < -0.3 is 13.9 Å². The lowest BCUT2D eigenvalue weighted by atomic mass is 10.1. The van der Waals surface area contributed by atoms with Gasteiger partial charge in [-0.3, -0.25) is 0 Å². The number of rotatable bonds is 4. The average molecular weight is 355 g/mol. The summed E-state index contributed by atoms with van der Waals surface area (Å²) in [7, 11) is 0. The Kier molecular flexibility index (Phi) is 5.27. The Morgan fingerprint density at radius 3 is 2.48 bits per heavy atom. The van der Waals surface area contributed by atoms with E-state index in [1.54, 1.807) is 30.3 Å². The molecule has 0 aliphatic heterocycles. The lowest BCUT2D eigenvalue weighted by molar-refractivity contribution is 0.362. The minimum Gasteiger partial charge on any atom is -0.481 e. The molecule has 2 aromatic carbocycles. The van der Waals surface area contributed by atoms with Crippen molar-refractivity contribution in [3.05, 3.63) is 69.5 Å². The van der Waals surface area contributed by atoms with E-state index in [1.807, 2.05) is 19.1 Å². The Morgan fingerprint density at radius 1 is 1.00 bits per heavy atom. The molecule has 0 saturated carbocycles. The molecule has 0 saturated heterocycles. The van der Waals surface area contributed by atoms with Crippen molar-refractivity contribution in [1.82, 2.24) is 0 Å². The van der Waals surface area contributed by atoms with E-state index < -0.39 is 5.63 Å². The zero-order chi connectivity index (χ0) is 17.6. The van der Waals surface area contributed by atoms with E-state index in [9.17, 15) is 4.79 Å². The quantitative estimate of drug-likeness (QED) is 0.520. The van der Waals surface area contributed by atoms with Crippen molar-refractivity contribution in [1.29, 1.82) is 0 Å². The lowest BCUT2D eigenvalue weighted by Crippen LogP contribution is -2.02. The topological polar surface area (TPSA) is 48.7 Å². The van der Waals surface area contributed by atoms with Crippen LogP contribution >= 0.6 is 11.6 Å². The van der Waals surface area contributed by atoms with Crippen LogP contribution in [0.25, 0.3) is 11.0 Å². The highest BCUT2D eigenvalue weighted by atomic mass is 35.5. The van der Waals surface area contributed by atoms with Gasteiger partial charge in [-0.25, -0.2) is 4.79 Å². The van der Waals surface area contributed by atoms with Crippen LogP contribution in [0.4, 0.5) is 0 Å². The van der Waals surface area contributed by atoms with E-state index >= 15 is 0 Å². The van der Waals surface area contributed by atoms with Crippen LogP contribution in [0.3, 0.4) is 0 Å². The normalized spacial score (nSPS) is 10.2. The van der Waals surface area contributed by atoms with Gasteiger partial charge in [0, 0.05) is 5.02 Å². The Morgan fingerprint density at radius 2 is 1.72 bits per heavy atom. The van der Waals surface area contributed by atoms with Gasteiger partial charge in [-0.15, -0.1) is 0 Å². The van der Waals surface area contributed by atoms with Crippen LogP contribution in [0.5, 0.6) is 11.5 Å². The zero-order valence-electron chi connectivity index (χ0n) is 13.5. The van der Waals surface area contributed by atoms with E-state index in [1.165, 1.54) is 6.07 Å². The fourth-order valence-electron chi connectivity index (χ4n) is 2.23. The molecular formula is C20H15ClO4. The summed E-state index contributed by atoms with van der Waals surface area (Å²) in [5.74, 6) is 6.88. The second-order valence-electron chi connectivity index (χ2n) is 5.31. The van der Waals surface area contributed by atoms with Crippen molar-refractivity contribution >= 4 is 22.6 Å². The average Bonchev–Trinajstić information content (AvgIpc) is 2.60. The van der Waals surface area contributed by atoms with E-state index in [-0.39, 0.29) is 13.2 Å². The summed E-state index contributed by atoms with van der Waals surface area (Å²) >= 11 is 5.81. The molecule has 1 aromatic heterocycles. The molecule has 25 heavy (non-hydrogen) atoms. The van der Waals surface area contributed by atoms with Crippen LogP contribution in [-0.4, -0.2) is 13.2 Å². The van der Waals surface area contributed by atoms with Crippen molar-refractivity contribution in [3.63, 3.8) is 0 Å². The maximum Gasteiger partial charge on any atom is 0.339 e. The van der Waals surface area contributed by atoms with Crippen LogP contribution in [0.2, 0.25) is 5.02 Å². The van der Waals surface area contributed by atoms with Crippen LogP contribution in [0, 0.1) is 18.8 Å². The monoisotopic (exact) mass is 354 g/mol. The lowest BCUT2D eigenvalue weighted by Gasteiger charge is -2.06. The summed E-state index contributed by atoms with van der Waals surface area (Å²) in [6, 6.07) is 13.9. The molecule has 5 heteroatoms. The number of fused-ring (bicyclic) bond motifs is 1. The summed E-state index contributed by atoms with van der Waals surface area (Å²) < 4.78 is 16.2. The molecule has 0 fully saturated rings. The molecule has 0 amide bonds. The highest BCUT2D eigenvalue weighted by Gasteiger charge is 2.06. The third-order valence-corrected chi connectivity index (χ3v) is 3.66. The van der Waals surface area contributed by atoms with Gasteiger partial charge >= 0.3 is 5.63 Å². The number of ether oxygens (including phenoxy) is 2. The van der Waals surface area contributed by atoms with Gasteiger partial charge in [-0.05, 0) is 43.3 Å². The van der Waals surface area contributed by atoms with Crippen molar-refractivity contribution in [2.24, 2.45) is 0 Å². The van der Waals surface area contributed by atoms with Crippen molar-refractivity contribution in [2.45, 2.75) is 6.92 Å². The van der Waals surface area contributed by atoms with Crippen LogP contribution in [0.15, 0.2) is 57.7 Å². The third kappa shape index (κ3) is 4.56. The fourth-order valence-corrected chi connectivity index (χ4v) is 2.36. The fraction of sp³-hybridized carbons (Fsp3) is 0.150. The van der Waals surface area contributed by atoms with Gasteiger partial charge in [0.25, 0.3) is 0 Å². The molecule has 0 aliphatic carbocycles. The Labute approximate surface area is 149 Å². The molecule has 0 N–H and O–H groups in total. The highest BCUT2D eigenvalue weighted by Crippen LogP contribution is 2.24. The van der Waals surface area contributed by atoms with Gasteiger partial charge in [0.2, 0.25) is 0 Å². The van der Waals surface area contributed by atoms with Crippen molar-refractivity contribution < 1.29 is 13.9 Å². The maximum atomic E-state index is 11.6. The first-order valence-electron chi connectivity index (χ1n) is 7.63. The third-order valence-electron chi connectivity index (χ3n) is 3.41. The minimum atomic E-state index is -0.453. The summed E-state index contributed by atoms with van der Waals surface area (Å²) in [6.07, 6.45) is 0. The van der Waals surface area contributed by atoms with E-state index in [2.05, 4.69) is 11.8 Å². The number of hydrogen-bond donors (Lipinski definition) is 0. The molecule has 3 rings (SSSR count). The van der Waals surface area contributed by atoms with Crippen molar-refractivity contribution in [2.75, 3.05) is 13.2 Å². The first kappa shape index (κ1) is 16.9. The molecule has 0 spiro atoms. The molecule has 1 heterocycles. The molecule has 3 aromatic rings. The Balaban J connectivity index is 1.61. The largest absolute Gasteiger partial charge is 0.481 e. The first-order chi connectivity index (χ1) is 12.1. The second kappa shape index (κ2) is 7.78. The van der Waals surface area contributed by atoms with Gasteiger partial charge in [0.15, 0.2) is 0 Å². The van der Waals surface area contributed by atoms with Crippen molar-refractivity contribution in [3.8, 4) is 23.3 Å². The standard InChI is InChI=1S/C20H15ClO4/c1-14-4-9-18-17(12-14)19(13-20(22)25-18)24-11-3-2-10-23-16-7-5-15(21)6-8-16/h4-9,12-13H,10-11H2,1H3. The van der Waals surface area contributed by atoms with Gasteiger partial charge in [-0.1, -0.05) is 35.1 Å². The summed E-state index contributed by atoms with van der Waals surface area (Å²) in [5, 5.41) is 1.40. The number of hydrogen-bond acceptors (Lipinski definition) is 4. The summed E-state index contributed by atoms with van der Waals surface area (Å²) in [5.41, 5.74) is 1.09. The molecule has 126 valence electrons. The SMILES string of the molecule is Cc1ccc2oc(=O)cc(OCC#CCOc3ccc(Cl)cc3)c2c1. The first-order valence-corrected chi connectivity index (χ1v) is 8.01. The smallest absolute Gasteiger partial charge is 0.339 e. The molecule has 0 aliphatic rings. The second-order valence-corrected chi connectivity index (χ2v) is 5.75. The molecule has 0 bridgehead atoms. The number of aryl methyl sites for hydroxylation is 1. The molecule has 4 nitrogen and oxygen atoms in total. The zero-order valence-corrected chi connectivity index (χ0v) is 14.3. The minimum absolute atomic E-state index is 0.149. The molecule has 0 atom stereocenters. The maximum absolute atomic E-state index is 11.6. The van der Waals surface area contributed by atoms with E-state index in [0.29, 0.717) is 22.1 Å². The van der Waals surface area contributed by atoms with E-state index in [0.717, 1.165) is 10.9 Å². The Bertz CT molecular complexity index is 994. The molecule has 0 unspecified atom stereocenters. The predicted octanol–water partition coefficient (Wildman–Crippen LogP) is 4.22.